The van der Waals surface area contributed by atoms with E-state index in [1.807, 2.05) is 6.07 Å². The van der Waals surface area contributed by atoms with Crippen LogP contribution < -0.4 is 10.1 Å². The van der Waals surface area contributed by atoms with Crippen molar-refractivity contribution in [3.8, 4) is 11.5 Å². The zero-order chi connectivity index (χ0) is 14.8. The number of piperazine rings is 1. The molecular formula is C16H23BrN2O2. The van der Waals surface area contributed by atoms with Gasteiger partial charge in [-0.3, -0.25) is 4.90 Å². The molecule has 1 saturated carbocycles. The van der Waals surface area contributed by atoms with Gasteiger partial charge in [-0.2, -0.15) is 0 Å². The summed E-state index contributed by atoms with van der Waals surface area (Å²) in [7, 11) is 1.61. The van der Waals surface area contributed by atoms with Gasteiger partial charge in [-0.25, -0.2) is 0 Å². The second-order valence-electron chi connectivity index (χ2n) is 5.97. The van der Waals surface area contributed by atoms with Gasteiger partial charge in [-0.1, -0.05) is 22.4 Å². The second-order valence-corrected chi connectivity index (χ2v) is 6.88. The minimum Gasteiger partial charge on any atom is -0.504 e. The van der Waals surface area contributed by atoms with E-state index in [1.165, 1.54) is 19.3 Å². The maximum absolute atomic E-state index is 10.6. The van der Waals surface area contributed by atoms with E-state index in [-0.39, 0.29) is 0 Å². The van der Waals surface area contributed by atoms with Crippen molar-refractivity contribution in [2.24, 2.45) is 5.92 Å². The molecule has 1 heterocycles. The first-order valence-electron chi connectivity index (χ1n) is 7.72. The van der Waals surface area contributed by atoms with Crippen molar-refractivity contribution in [2.75, 3.05) is 33.3 Å². The molecule has 0 radical (unpaired) electrons. The number of methoxy groups -OCH3 is 1. The Balaban J connectivity index is 1.97. The van der Waals surface area contributed by atoms with Gasteiger partial charge in [0.2, 0.25) is 0 Å². The van der Waals surface area contributed by atoms with E-state index in [9.17, 15) is 5.11 Å². The molecule has 1 aromatic carbocycles. The van der Waals surface area contributed by atoms with Gasteiger partial charge < -0.3 is 15.2 Å². The molecule has 0 spiro atoms. The minimum absolute atomic E-state index is 0.298. The maximum atomic E-state index is 10.6. The molecule has 3 rings (SSSR count). The van der Waals surface area contributed by atoms with Crippen molar-refractivity contribution < 1.29 is 9.84 Å². The highest BCUT2D eigenvalue weighted by atomic mass is 79.9. The first-order valence-corrected chi connectivity index (χ1v) is 8.51. The largest absolute Gasteiger partial charge is 0.504 e. The Hall–Kier alpha value is -0.780. The highest BCUT2D eigenvalue weighted by Gasteiger charge is 2.35. The molecule has 0 bridgehead atoms. The van der Waals surface area contributed by atoms with Crippen LogP contribution in [-0.2, 0) is 0 Å². The van der Waals surface area contributed by atoms with E-state index >= 15 is 0 Å². The molecule has 1 atom stereocenters. The molecule has 1 aromatic rings. The molecule has 0 unspecified atom stereocenters. The summed E-state index contributed by atoms with van der Waals surface area (Å²) in [5, 5.41) is 14.0. The number of ether oxygens (including phenoxy) is 1. The molecule has 2 fully saturated rings. The molecule has 4 nitrogen and oxygen atoms in total. The van der Waals surface area contributed by atoms with E-state index in [1.54, 1.807) is 7.11 Å². The van der Waals surface area contributed by atoms with Crippen molar-refractivity contribution in [1.29, 1.82) is 0 Å². The van der Waals surface area contributed by atoms with Crippen LogP contribution in [0.15, 0.2) is 16.6 Å². The summed E-state index contributed by atoms with van der Waals surface area (Å²) in [5.41, 5.74) is 1.01. The first kappa shape index (κ1) is 15.1. The molecular weight excluding hydrogens is 332 g/mol. The number of hydrogen-bond acceptors (Lipinski definition) is 4. The summed E-state index contributed by atoms with van der Waals surface area (Å²) in [6, 6.07) is 4.18. The van der Waals surface area contributed by atoms with Crippen LogP contribution in [0.5, 0.6) is 11.5 Å². The molecule has 2 N–H and O–H groups in total. The number of nitrogens with zero attached hydrogens (tertiary/aromatic N) is 1. The molecule has 0 aromatic heterocycles. The van der Waals surface area contributed by atoms with Crippen LogP contribution in [0.1, 0.15) is 30.9 Å². The number of rotatable bonds is 4. The van der Waals surface area contributed by atoms with Crippen LogP contribution >= 0.6 is 15.9 Å². The summed E-state index contributed by atoms with van der Waals surface area (Å²) in [6.45, 7) is 4.12. The fraction of sp³-hybridized carbons (Fsp3) is 0.625. The summed E-state index contributed by atoms with van der Waals surface area (Å²) in [5.74, 6) is 1.50. The predicted octanol–water partition coefficient (Wildman–Crippen LogP) is 2.91. The number of hydrogen-bond donors (Lipinski definition) is 2. The summed E-state index contributed by atoms with van der Waals surface area (Å²) < 4.78 is 6.29. The highest BCUT2D eigenvalue weighted by molar-refractivity contribution is 9.10. The van der Waals surface area contributed by atoms with E-state index in [0.29, 0.717) is 23.5 Å². The molecule has 5 heteroatoms. The number of phenols is 1. The Morgan fingerprint density at radius 2 is 2.05 bits per heavy atom. The Morgan fingerprint density at radius 3 is 2.62 bits per heavy atom. The van der Waals surface area contributed by atoms with E-state index in [2.05, 4.69) is 32.2 Å². The molecule has 1 saturated heterocycles. The second kappa shape index (κ2) is 6.55. The van der Waals surface area contributed by atoms with Crippen molar-refractivity contribution in [2.45, 2.75) is 25.3 Å². The zero-order valence-electron chi connectivity index (χ0n) is 12.4. The van der Waals surface area contributed by atoms with Crippen molar-refractivity contribution in [3.05, 3.63) is 22.2 Å². The van der Waals surface area contributed by atoms with Gasteiger partial charge in [0.15, 0.2) is 11.5 Å². The van der Waals surface area contributed by atoms with Gasteiger partial charge in [0.25, 0.3) is 0 Å². The normalized spacial score (nSPS) is 21.8. The lowest BCUT2D eigenvalue weighted by Crippen LogP contribution is -2.47. The quantitative estimate of drug-likeness (QED) is 0.872. The third-order valence-corrected chi connectivity index (χ3v) is 5.21. The van der Waals surface area contributed by atoms with Crippen LogP contribution in [0, 0.1) is 5.92 Å². The van der Waals surface area contributed by atoms with Crippen molar-refractivity contribution >= 4 is 15.9 Å². The standard InChI is InChI=1S/C16H23BrN2O2/c1-21-14-10-12(17)9-13(16(14)20)15(11-3-2-4-11)19-7-5-18-6-8-19/h9-11,15,18,20H,2-8H2,1H3/t15-/m1/s1. The Kier molecular flexibility index (Phi) is 4.72. The Labute approximate surface area is 134 Å². The van der Waals surface area contributed by atoms with Crippen LogP contribution in [0.3, 0.4) is 0 Å². The average molecular weight is 355 g/mol. The zero-order valence-corrected chi connectivity index (χ0v) is 14.0. The van der Waals surface area contributed by atoms with E-state index in [0.717, 1.165) is 36.2 Å². The highest BCUT2D eigenvalue weighted by Crippen LogP contribution is 2.47. The molecule has 21 heavy (non-hydrogen) atoms. The SMILES string of the molecule is COc1cc(Br)cc([C@@H](C2CCC2)N2CCNCC2)c1O. The van der Waals surface area contributed by atoms with Crippen LogP contribution in [0.4, 0.5) is 0 Å². The molecule has 116 valence electrons. The van der Waals surface area contributed by atoms with Crippen LogP contribution in [-0.4, -0.2) is 43.3 Å². The third kappa shape index (κ3) is 3.05. The molecule has 0 amide bonds. The summed E-state index contributed by atoms with van der Waals surface area (Å²) in [4.78, 5) is 2.52. The number of nitrogens with one attached hydrogen (secondary N) is 1. The fourth-order valence-corrected chi connectivity index (χ4v) is 3.89. The smallest absolute Gasteiger partial charge is 0.162 e. The fourth-order valence-electron chi connectivity index (χ4n) is 3.44. The Bertz CT molecular complexity index is 499. The Morgan fingerprint density at radius 1 is 1.33 bits per heavy atom. The average Bonchev–Trinajstić information content (AvgIpc) is 2.46. The van der Waals surface area contributed by atoms with Gasteiger partial charge in [0, 0.05) is 42.3 Å². The van der Waals surface area contributed by atoms with E-state index in [4.69, 9.17) is 4.74 Å². The first-order chi connectivity index (χ1) is 10.2. The van der Waals surface area contributed by atoms with Gasteiger partial charge in [0.05, 0.1) is 7.11 Å². The number of phenolic OH excluding ortho intramolecular Hbond substituents is 1. The molecule has 1 aliphatic heterocycles. The van der Waals surface area contributed by atoms with Gasteiger partial charge >= 0.3 is 0 Å². The van der Waals surface area contributed by atoms with Crippen molar-refractivity contribution in [3.63, 3.8) is 0 Å². The van der Waals surface area contributed by atoms with Gasteiger partial charge in [-0.15, -0.1) is 0 Å². The lowest BCUT2D eigenvalue weighted by Gasteiger charge is -2.43. The minimum atomic E-state index is 0.298. The number of halogens is 1. The number of aromatic hydroxyl groups is 1. The summed E-state index contributed by atoms with van der Waals surface area (Å²) >= 11 is 3.55. The predicted molar refractivity (Wildman–Crippen MR) is 86.9 cm³/mol. The topological polar surface area (TPSA) is 44.7 Å². The van der Waals surface area contributed by atoms with Gasteiger partial charge in [0.1, 0.15) is 0 Å². The third-order valence-electron chi connectivity index (χ3n) is 4.75. The van der Waals surface area contributed by atoms with E-state index < -0.39 is 0 Å². The van der Waals surface area contributed by atoms with Crippen LogP contribution in [0.2, 0.25) is 0 Å². The maximum Gasteiger partial charge on any atom is 0.162 e. The molecule has 1 aliphatic carbocycles. The molecule has 2 aliphatic rings. The number of benzene rings is 1. The lowest BCUT2D eigenvalue weighted by atomic mass is 9.76. The lowest BCUT2D eigenvalue weighted by molar-refractivity contribution is 0.0816. The van der Waals surface area contributed by atoms with Gasteiger partial charge in [-0.05, 0) is 30.9 Å². The summed E-state index contributed by atoms with van der Waals surface area (Å²) in [6.07, 6.45) is 3.81. The monoisotopic (exact) mass is 354 g/mol. The van der Waals surface area contributed by atoms with Crippen molar-refractivity contribution in [1.82, 2.24) is 10.2 Å². The van der Waals surface area contributed by atoms with Crippen LogP contribution in [0.25, 0.3) is 0 Å².